The maximum atomic E-state index is 12.6. The first-order valence-corrected chi connectivity index (χ1v) is 11.7. The maximum Gasteiger partial charge on any atom is 0.241 e. The van der Waals surface area contributed by atoms with E-state index in [1.54, 1.807) is 18.4 Å². The molecule has 2 N–H and O–H groups in total. The van der Waals surface area contributed by atoms with E-state index in [0.717, 1.165) is 56.7 Å². The number of nitrogens with one attached hydrogen (secondary N) is 2. The van der Waals surface area contributed by atoms with Gasteiger partial charge in [0.05, 0.1) is 11.6 Å². The molecular formula is C23H33N5OS. The number of guanidine groups is 1. The van der Waals surface area contributed by atoms with Crippen LogP contribution in [0.3, 0.4) is 0 Å². The Morgan fingerprint density at radius 2 is 2.00 bits per heavy atom. The standard InChI is InChI=1S/C23H33N5OS/c1-3-20-16-26-21(30-20)9-12-25-23(24-2)27-17-22(29)28-13-10-19(11-14-28)15-18-7-5-4-6-8-18/h4-8,16,19H,3,9-15,17H2,1-2H3,(H2,24,25,27). The summed E-state index contributed by atoms with van der Waals surface area (Å²) in [6.07, 6.45) is 7.09. The monoisotopic (exact) mass is 427 g/mol. The quantitative estimate of drug-likeness (QED) is 0.502. The minimum absolute atomic E-state index is 0.142. The zero-order valence-corrected chi connectivity index (χ0v) is 18.9. The number of aromatic nitrogens is 1. The van der Waals surface area contributed by atoms with Crippen LogP contribution in [0.15, 0.2) is 41.5 Å². The predicted octanol–water partition coefficient (Wildman–Crippen LogP) is 2.89. The molecule has 2 heterocycles. The molecule has 7 heteroatoms. The molecule has 1 fully saturated rings. The van der Waals surface area contributed by atoms with Gasteiger partial charge in [0.1, 0.15) is 0 Å². The van der Waals surface area contributed by atoms with Gasteiger partial charge in [-0.25, -0.2) is 4.98 Å². The van der Waals surface area contributed by atoms with Gasteiger partial charge in [0, 0.05) is 44.2 Å². The molecule has 0 radical (unpaired) electrons. The highest BCUT2D eigenvalue weighted by atomic mass is 32.1. The molecule has 1 aromatic carbocycles. The fraction of sp³-hybridized carbons (Fsp3) is 0.522. The van der Waals surface area contributed by atoms with Crippen molar-refractivity contribution < 1.29 is 4.79 Å². The van der Waals surface area contributed by atoms with E-state index in [1.807, 2.05) is 11.1 Å². The van der Waals surface area contributed by atoms with Gasteiger partial charge >= 0.3 is 0 Å². The van der Waals surface area contributed by atoms with Gasteiger partial charge in [-0.2, -0.15) is 0 Å². The van der Waals surface area contributed by atoms with E-state index in [-0.39, 0.29) is 12.5 Å². The van der Waals surface area contributed by atoms with Gasteiger partial charge in [-0.3, -0.25) is 9.79 Å². The number of aliphatic imine (C=N–C) groups is 1. The van der Waals surface area contributed by atoms with Crippen LogP contribution in [0.5, 0.6) is 0 Å². The lowest BCUT2D eigenvalue weighted by Crippen LogP contribution is -2.47. The van der Waals surface area contributed by atoms with Crippen LogP contribution in [-0.2, 0) is 24.1 Å². The van der Waals surface area contributed by atoms with Gasteiger partial charge in [-0.05, 0) is 37.2 Å². The van der Waals surface area contributed by atoms with E-state index in [2.05, 4.69) is 57.9 Å². The van der Waals surface area contributed by atoms with E-state index < -0.39 is 0 Å². The van der Waals surface area contributed by atoms with E-state index in [9.17, 15) is 4.79 Å². The number of nitrogens with zero attached hydrogens (tertiary/aromatic N) is 3. The number of amides is 1. The summed E-state index contributed by atoms with van der Waals surface area (Å²) in [6, 6.07) is 10.6. The maximum absolute atomic E-state index is 12.6. The first-order valence-electron chi connectivity index (χ1n) is 10.9. The van der Waals surface area contributed by atoms with Gasteiger partial charge in [0.15, 0.2) is 5.96 Å². The molecule has 0 unspecified atom stereocenters. The van der Waals surface area contributed by atoms with Crippen LogP contribution < -0.4 is 10.6 Å². The first-order chi connectivity index (χ1) is 14.7. The summed E-state index contributed by atoms with van der Waals surface area (Å²) < 4.78 is 0. The molecule has 0 bridgehead atoms. The largest absolute Gasteiger partial charge is 0.356 e. The van der Waals surface area contributed by atoms with Crippen molar-refractivity contribution in [1.82, 2.24) is 20.5 Å². The lowest BCUT2D eigenvalue weighted by Gasteiger charge is -2.32. The lowest BCUT2D eigenvalue weighted by molar-refractivity contribution is -0.131. The average molecular weight is 428 g/mol. The second-order valence-electron chi connectivity index (χ2n) is 7.69. The Morgan fingerprint density at radius 3 is 2.67 bits per heavy atom. The van der Waals surface area contributed by atoms with Gasteiger partial charge < -0.3 is 15.5 Å². The van der Waals surface area contributed by atoms with E-state index >= 15 is 0 Å². The normalized spacial score (nSPS) is 15.3. The van der Waals surface area contributed by atoms with Crippen LogP contribution in [0.2, 0.25) is 0 Å². The summed E-state index contributed by atoms with van der Waals surface area (Å²) >= 11 is 1.76. The summed E-state index contributed by atoms with van der Waals surface area (Å²) in [6.45, 7) is 4.85. The molecule has 1 aromatic heterocycles. The minimum atomic E-state index is 0.142. The smallest absolute Gasteiger partial charge is 0.241 e. The Labute approximate surface area is 183 Å². The molecular weight excluding hydrogens is 394 g/mol. The molecule has 30 heavy (non-hydrogen) atoms. The molecule has 1 aliphatic heterocycles. The van der Waals surface area contributed by atoms with Crippen molar-refractivity contribution >= 4 is 23.2 Å². The Balaban J connectivity index is 1.34. The molecule has 162 valence electrons. The topological polar surface area (TPSA) is 69.6 Å². The Kier molecular flexibility index (Phi) is 8.68. The molecule has 1 aliphatic rings. The molecule has 0 saturated carbocycles. The van der Waals surface area contributed by atoms with Crippen molar-refractivity contribution in [1.29, 1.82) is 0 Å². The molecule has 3 rings (SSSR count). The third-order valence-electron chi connectivity index (χ3n) is 5.55. The van der Waals surface area contributed by atoms with Crippen LogP contribution >= 0.6 is 11.3 Å². The van der Waals surface area contributed by atoms with Crippen LogP contribution in [0, 0.1) is 5.92 Å². The van der Waals surface area contributed by atoms with E-state index in [4.69, 9.17) is 0 Å². The summed E-state index contributed by atoms with van der Waals surface area (Å²) in [7, 11) is 1.73. The molecule has 2 aromatic rings. The molecule has 1 amide bonds. The third kappa shape index (κ3) is 6.83. The summed E-state index contributed by atoms with van der Waals surface area (Å²) in [5.41, 5.74) is 1.39. The summed E-state index contributed by atoms with van der Waals surface area (Å²) in [5, 5.41) is 7.55. The van der Waals surface area contributed by atoms with Crippen molar-refractivity contribution in [2.45, 2.75) is 39.0 Å². The lowest BCUT2D eigenvalue weighted by atomic mass is 9.90. The number of hydrogen-bond donors (Lipinski definition) is 2. The van der Waals surface area contributed by atoms with E-state index in [0.29, 0.717) is 11.9 Å². The molecule has 0 aliphatic carbocycles. The second-order valence-corrected chi connectivity index (χ2v) is 8.89. The fourth-order valence-electron chi connectivity index (χ4n) is 3.74. The van der Waals surface area contributed by atoms with Gasteiger partial charge in [0.25, 0.3) is 0 Å². The van der Waals surface area contributed by atoms with Gasteiger partial charge in [-0.1, -0.05) is 37.3 Å². The Morgan fingerprint density at radius 1 is 1.23 bits per heavy atom. The minimum Gasteiger partial charge on any atom is -0.356 e. The number of thiazole rings is 1. The number of rotatable bonds is 8. The van der Waals surface area contributed by atoms with Crippen molar-refractivity contribution in [3.63, 3.8) is 0 Å². The number of piperidine rings is 1. The number of aryl methyl sites for hydroxylation is 1. The average Bonchev–Trinajstić information content (AvgIpc) is 3.25. The van der Waals surface area contributed by atoms with Crippen molar-refractivity contribution in [3.05, 3.63) is 52.0 Å². The fourth-order valence-corrected chi connectivity index (χ4v) is 4.60. The second kappa shape index (κ2) is 11.7. The molecule has 1 saturated heterocycles. The third-order valence-corrected chi connectivity index (χ3v) is 6.75. The number of carbonyl (C=O) groups excluding carboxylic acids is 1. The zero-order chi connectivity index (χ0) is 21.2. The van der Waals surface area contributed by atoms with Gasteiger partial charge in [-0.15, -0.1) is 11.3 Å². The Bertz CT molecular complexity index is 812. The highest BCUT2D eigenvalue weighted by Crippen LogP contribution is 2.21. The zero-order valence-electron chi connectivity index (χ0n) is 18.1. The number of carbonyl (C=O) groups is 1. The molecule has 6 nitrogen and oxygen atoms in total. The summed E-state index contributed by atoms with van der Waals surface area (Å²) in [5.74, 6) is 1.47. The number of likely N-dealkylation sites (tertiary alicyclic amines) is 1. The van der Waals surface area contributed by atoms with Crippen molar-refractivity contribution in [2.75, 3.05) is 33.2 Å². The van der Waals surface area contributed by atoms with Crippen molar-refractivity contribution in [2.24, 2.45) is 10.9 Å². The predicted molar refractivity (Wildman–Crippen MR) is 124 cm³/mol. The molecule has 0 spiro atoms. The van der Waals surface area contributed by atoms with Crippen LogP contribution in [0.25, 0.3) is 0 Å². The van der Waals surface area contributed by atoms with Crippen LogP contribution in [0.1, 0.15) is 35.2 Å². The number of hydrogen-bond acceptors (Lipinski definition) is 4. The SMILES string of the molecule is CCc1cnc(CCNC(=NC)NCC(=O)N2CCC(Cc3ccccc3)CC2)s1. The van der Waals surface area contributed by atoms with E-state index in [1.165, 1.54) is 10.4 Å². The first kappa shape index (κ1) is 22.3. The van der Waals surface area contributed by atoms with Crippen LogP contribution in [-0.4, -0.2) is 55.0 Å². The highest BCUT2D eigenvalue weighted by Gasteiger charge is 2.22. The Hall–Kier alpha value is -2.41. The highest BCUT2D eigenvalue weighted by molar-refractivity contribution is 7.11. The van der Waals surface area contributed by atoms with Crippen LogP contribution in [0.4, 0.5) is 0 Å². The van der Waals surface area contributed by atoms with Crippen molar-refractivity contribution in [3.8, 4) is 0 Å². The number of benzene rings is 1. The molecule has 0 atom stereocenters. The van der Waals surface area contributed by atoms with Gasteiger partial charge in [0.2, 0.25) is 5.91 Å². The summed E-state index contributed by atoms with van der Waals surface area (Å²) in [4.78, 5) is 24.5.